The van der Waals surface area contributed by atoms with Gasteiger partial charge in [-0.05, 0) is 69.8 Å². The smallest absolute Gasteiger partial charge is 0.390 e. The first-order valence-electron chi connectivity index (χ1n) is 13.2. The Kier molecular flexibility index (Phi) is 8.32. The minimum Gasteiger partial charge on any atom is -0.496 e. The number of carboxylic acid groups (broad SMARTS) is 1. The number of carboxylic acids is 1. The van der Waals surface area contributed by atoms with Crippen molar-refractivity contribution in [2.45, 2.75) is 76.6 Å². The van der Waals surface area contributed by atoms with E-state index in [0.717, 1.165) is 18.9 Å². The highest BCUT2D eigenvalue weighted by Crippen LogP contribution is 2.49. The van der Waals surface area contributed by atoms with Crippen LogP contribution in [0.5, 0.6) is 11.5 Å². The van der Waals surface area contributed by atoms with Crippen molar-refractivity contribution in [3.8, 4) is 11.5 Å². The maximum absolute atomic E-state index is 14.8. The zero-order valence-electron chi connectivity index (χ0n) is 21.9. The SMILES string of the molecule is COc1cc(F)c(OC2CCC(C)(C(=O)O)CC2)cc1C(=O)N[C@@H]1[C@H]2CC[C@H](C2)[C@@H]1C(=O)NCCC(F)(F)F. The lowest BCUT2D eigenvalue weighted by Crippen LogP contribution is -2.50. The molecule has 2 bridgehead atoms. The van der Waals surface area contributed by atoms with E-state index < -0.39 is 66.2 Å². The molecular formula is C27H34F4N2O6. The third-order valence-electron chi connectivity index (χ3n) is 8.57. The van der Waals surface area contributed by atoms with Gasteiger partial charge in [0, 0.05) is 18.7 Å². The fourth-order valence-electron chi connectivity index (χ4n) is 6.26. The summed E-state index contributed by atoms with van der Waals surface area (Å²) in [6.45, 7) is 1.14. The Morgan fingerprint density at radius 1 is 1.08 bits per heavy atom. The van der Waals surface area contributed by atoms with Crippen molar-refractivity contribution in [2.24, 2.45) is 23.2 Å². The number of halogens is 4. The van der Waals surface area contributed by atoms with Crippen molar-refractivity contribution in [1.29, 1.82) is 0 Å². The van der Waals surface area contributed by atoms with E-state index in [4.69, 9.17) is 9.47 Å². The molecule has 0 radical (unpaired) electrons. The highest BCUT2D eigenvalue weighted by molar-refractivity contribution is 5.98. The molecule has 12 heteroatoms. The molecule has 216 valence electrons. The topological polar surface area (TPSA) is 114 Å². The Hall–Kier alpha value is -3.05. The van der Waals surface area contributed by atoms with Crippen molar-refractivity contribution in [3.63, 3.8) is 0 Å². The zero-order valence-corrected chi connectivity index (χ0v) is 21.9. The van der Waals surface area contributed by atoms with E-state index in [-0.39, 0.29) is 28.9 Å². The Morgan fingerprint density at radius 2 is 1.74 bits per heavy atom. The third-order valence-corrected chi connectivity index (χ3v) is 8.57. The molecule has 3 aliphatic rings. The second-order valence-corrected chi connectivity index (χ2v) is 11.2. The van der Waals surface area contributed by atoms with Crippen molar-refractivity contribution >= 4 is 17.8 Å². The first-order valence-corrected chi connectivity index (χ1v) is 13.2. The molecule has 0 aromatic heterocycles. The summed E-state index contributed by atoms with van der Waals surface area (Å²) in [4.78, 5) is 37.7. The molecule has 39 heavy (non-hydrogen) atoms. The number of amides is 2. The highest BCUT2D eigenvalue weighted by atomic mass is 19.4. The average Bonchev–Trinajstić information content (AvgIpc) is 3.47. The summed E-state index contributed by atoms with van der Waals surface area (Å²) in [6, 6.07) is 1.70. The van der Waals surface area contributed by atoms with Gasteiger partial charge >= 0.3 is 12.1 Å². The van der Waals surface area contributed by atoms with Crippen LogP contribution >= 0.6 is 0 Å². The van der Waals surface area contributed by atoms with Gasteiger partial charge < -0.3 is 25.2 Å². The Morgan fingerprint density at radius 3 is 2.36 bits per heavy atom. The van der Waals surface area contributed by atoms with Crippen LogP contribution in [0.1, 0.15) is 68.6 Å². The second kappa shape index (κ2) is 11.2. The molecule has 0 aliphatic heterocycles. The maximum atomic E-state index is 14.8. The van der Waals surface area contributed by atoms with Gasteiger partial charge in [0.05, 0.1) is 36.5 Å². The third kappa shape index (κ3) is 6.41. The number of hydrogen-bond acceptors (Lipinski definition) is 5. The summed E-state index contributed by atoms with van der Waals surface area (Å²) < 4.78 is 63.5. The van der Waals surface area contributed by atoms with E-state index in [1.807, 2.05) is 0 Å². The number of rotatable bonds is 9. The predicted molar refractivity (Wildman–Crippen MR) is 131 cm³/mol. The van der Waals surface area contributed by atoms with Gasteiger partial charge in [0.2, 0.25) is 5.91 Å². The van der Waals surface area contributed by atoms with Crippen LogP contribution in [0, 0.1) is 29.0 Å². The molecular weight excluding hydrogens is 524 g/mol. The minimum atomic E-state index is -4.39. The lowest BCUT2D eigenvalue weighted by molar-refractivity contribution is -0.150. The van der Waals surface area contributed by atoms with Crippen LogP contribution in [0.3, 0.4) is 0 Å². The molecule has 1 aromatic rings. The molecule has 4 rings (SSSR count). The summed E-state index contributed by atoms with van der Waals surface area (Å²) >= 11 is 0. The van der Waals surface area contributed by atoms with Gasteiger partial charge in [-0.2, -0.15) is 13.2 Å². The summed E-state index contributed by atoms with van der Waals surface area (Å²) in [7, 11) is 1.29. The van der Waals surface area contributed by atoms with Crippen LogP contribution in [0.2, 0.25) is 0 Å². The number of aliphatic carboxylic acids is 1. The normalized spacial score (nSPS) is 30.1. The number of methoxy groups -OCH3 is 1. The van der Waals surface area contributed by atoms with E-state index in [9.17, 15) is 37.1 Å². The second-order valence-electron chi connectivity index (χ2n) is 11.2. The number of ether oxygens (including phenoxy) is 2. The fraction of sp³-hybridized carbons (Fsp3) is 0.667. The summed E-state index contributed by atoms with van der Waals surface area (Å²) in [5, 5.41) is 14.7. The zero-order chi connectivity index (χ0) is 28.5. The van der Waals surface area contributed by atoms with Gasteiger partial charge in [-0.15, -0.1) is 0 Å². The first-order chi connectivity index (χ1) is 18.3. The monoisotopic (exact) mass is 558 g/mol. The van der Waals surface area contributed by atoms with Gasteiger partial charge in [-0.25, -0.2) is 4.39 Å². The van der Waals surface area contributed by atoms with E-state index in [1.165, 1.54) is 13.2 Å². The summed E-state index contributed by atoms with van der Waals surface area (Å²) in [6.07, 6.45) is -2.16. The molecule has 8 nitrogen and oxygen atoms in total. The number of nitrogens with one attached hydrogen (secondary N) is 2. The molecule has 2 amide bonds. The van der Waals surface area contributed by atoms with Crippen LogP contribution in [0.25, 0.3) is 0 Å². The van der Waals surface area contributed by atoms with Gasteiger partial charge in [-0.1, -0.05) is 0 Å². The highest BCUT2D eigenvalue weighted by Gasteiger charge is 2.51. The number of hydrogen-bond donors (Lipinski definition) is 3. The van der Waals surface area contributed by atoms with Gasteiger partial charge in [0.1, 0.15) is 5.75 Å². The lowest BCUT2D eigenvalue weighted by atomic mass is 9.75. The minimum absolute atomic E-state index is 0.000846. The molecule has 3 N–H and O–H groups in total. The number of carbonyl (C=O) groups is 3. The standard InChI is InChI=1S/C27H34F4N2O6/c1-26(25(36)37)7-5-16(6-8-26)39-20-12-17(19(38-2)13-18(20)28)23(34)33-22-15-4-3-14(11-15)21(22)24(35)32-10-9-27(29,30)31/h12-16,21-22H,3-11H2,1-2H3,(H,32,35)(H,33,34)(H,36,37)/t14-,15+,16?,21+,22-,26?/m1/s1. The molecule has 3 fully saturated rings. The fourth-order valence-corrected chi connectivity index (χ4v) is 6.26. The molecule has 0 heterocycles. The van der Waals surface area contributed by atoms with E-state index in [0.29, 0.717) is 32.1 Å². The number of fused-ring (bicyclic) bond motifs is 2. The number of benzene rings is 1. The molecule has 0 unspecified atom stereocenters. The maximum Gasteiger partial charge on any atom is 0.390 e. The van der Waals surface area contributed by atoms with Crippen molar-refractivity contribution in [3.05, 3.63) is 23.5 Å². The lowest BCUT2D eigenvalue weighted by Gasteiger charge is -2.34. The van der Waals surface area contributed by atoms with Gasteiger partial charge in [-0.3, -0.25) is 14.4 Å². The molecule has 3 aliphatic carbocycles. The van der Waals surface area contributed by atoms with Gasteiger partial charge in [0.25, 0.3) is 5.91 Å². The molecule has 4 atom stereocenters. The molecule has 0 spiro atoms. The predicted octanol–water partition coefficient (Wildman–Crippen LogP) is 4.46. The average molecular weight is 559 g/mol. The summed E-state index contributed by atoms with van der Waals surface area (Å²) in [5.74, 6) is -3.64. The van der Waals surface area contributed by atoms with E-state index >= 15 is 0 Å². The van der Waals surface area contributed by atoms with Crippen molar-refractivity contribution < 1.29 is 46.5 Å². The van der Waals surface area contributed by atoms with Crippen LogP contribution < -0.4 is 20.1 Å². The van der Waals surface area contributed by atoms with Crippen LogP contribution in [0.4, 0.5) is 17.6 Å². The molecule has 0 saturated heterocycles. The van der Waals surface area contributed by atoms with Crippen LogP contribution in [-0.2, 0) is 9.59 Å². The van der Waals surface area contributed by atoms with E-state index in [1.54, 1.807) is 6.92 Å². The molecule has 1 aromatic carbocycles. The number of carbonyl (C=O) groups excluding carboxylic acids is 2. The van der Waals surface area contributed by atoms with Gasteiger partial charge in [0.15, 0.2) is 11.6 Å². The Bertz CT molecular complexity index is 1100. The quantitative estimate of drug-likeness (QED) is 0.386. The Balaban J connectivity index is 1.46. The van der Waals surface area contributed by atoms with Crippen molar-refractivity contribution in [2.75, 3.05) is 13.7 Å². The van der Waals surface area contributed by atoms with E-state index in [2.05, 4.69) is 10.6 Å². The van der Waals surface area contributed by atoms with Crippen molar-refractivity contribution in [1.82, 2.24) is 10.6 Å². The first kappa shape index (κ1) is 28.9. The largest absolute Gasteiger partial charge is 0.496 e. The number of alkyl halides is 3. The van der Waals surface area contributed by atoms with Crippen LogP contribution in [0.15, 0.2) is 12.1 Å². The molecule has 3 saturated carbocycles. The van der Waals surface area contributed by atoms with Crippen LogP contribution in [-0.4, -0.2) is 54.9 Å². The Labute approximate surface area is 223 Å². The summed E-state index contributed by atoms with van der Waals surface area (Å²) in [5.41, 5.74) is -0.862.